The molecule has 1 aromatic heterocycles. The maximum atomic E-state index is 12.1. The molecular weight excluding hydrogens is 364 g/mol. The number of hydrogen-bond acceptors (Lipinski definition) is 3. The van der Waals surface area contributed by atoms with Gasteiger partial charge in [0.05, 0.1) is 12.1 Å². The van der Waals surface area contributed by atoms with Crippen LogP contribution >= 0.6 is 27.3 Å². The van der Waals surface area contributed by atoms with Crippen LogP contribution < -0.4 is 10.6 Å². The first-order valence-electron chi connectivity index (χ1n) is 6.78. The lowest BCUT2D eigenvalue weighted by molar-refractivity contribution is -0.115. The summed E-state index contributed by atoms with van der Waals surface area (Å²) in [7, 11) is 0. The van der Waals surface area contributed by atoms with Gasteiger partial charge in [-0.05, 0) is 50.6 Å². The summed E-state index contributed by atoms with van der Waals surface area (Å²) in [5.74, 6) is -0.465. The van der Waals surface area contributed by atoms with Crippen LogP contribution in [0.5, 0.6) is 0 Å². The molecule has 0 spiro atoms. The molecule has 22 heavy (non-hydrogen) atoms. The van der Waals surface area contributed by atoms with Crippen molar-refractivity contribution in [2.75, 3.05) is 11.9 Å². The monoisotopic (exact) mass is 380 g/mol. The molecule has 0 aliphatic rings. The quantitative estimate of drug-likeness (QED) is 0.846. The second-order valence-corrected chi connectivity index (χ2v) is 7.39. The van der Waals surface area contributed by atoms with E-state index in [1.165, 1.54) is 0 Å². The molecule has 0 saturated heterocycles. The first-order chi connectivity index (χ1) is 10.4. The minimum Gasteiger partial charge on any atom is -0.343 e. The van der Waals surface area contributed by atoms with Crippen LogP contribution in [-0.4, -0.2) is 18.4 Å². The van der Waals surface area contributed by atoms with Gasteiger partial charge in [0.1, 0.15) is 0 Å². The average molecular weight is 381 g/mol. The number of amides is 2. The zero-order valence-electron chi connectivity index (χ0n) is 12.6. The number of rotatable bonds is 4. The van der Waals surface area contributed by atoms with E-state index in [1.54, 1.807) is 11.3 Å². The number of thiophene rings is 1. The fourth-order valence-corrected chi connectivity index (χ4v) is 3.47. The normalized spacial score (nSPS) is 10.4. The Labute approximate surface area is 142 Å². The number of hydrogen-bond donors (Lipinski definition) is 2. The van der Waals surface area contributed by atoms with E-state index >= 15 is 0 Å². The number of aryl methyl sites for hydroxylation is 3. The topological polar surface area (TPSA) is 58.2 Å². The Bertz CT molecular complexity index is 725. The molecule has 2 rings (SSSR count). The standard InChI is InChI=1S/C16H17BrN2O2S/c1-9-6-12(17)4-5-14(9)19-15(20)8-18-16(21)13-7-10(2)22-11(13)3/h4-7H,8H2,1-3H3,(H,18,21)(H,19,20). The third-order valence-electron chi connectivity index (χ3n) is 3.16. The van der Waals surface area contributed by atoms with Gasteiger partial charge >= 0.3 is 0 Å². The molecule has 1 aromatic carbocycles. The third kappa shape index (κ3) is 4.18. The van der Waals surface area contributed by atoms with Crippen LogP contribution in [0.25, 0.3) is 0 Å². The molecular formula is C16H17BrN2O2S. The number of carbonyl (C=O) groups is 2. The number of carbonyl (C=O) groups excluding carboxylic acids is 2. The minimum atomic E-state index is -0.247. The molecule has 6 heteroatoms. The first kappa shape index (κ1) is 16.7. The van der Waals surface area contributed by atoms with E-state index in [1.807, 2.05) is 45.0 Å². The zero-order chi connectivity index (χ0) is 16.3. The molecule has 0 aliphatic carbocycles. The van der Waals surface area contributed by atoms with Crippen molar-refractivity contribution in [3.8, 4) is 0 Å². The lowest BCUT2D eigenvalue weighted by atomic mass is 10.2. The van der Waals surface area contributed by atoms with Crippen molar-refractivity contribution in [2.45, 2.75) is 20.8 Å². The molecule has 0 bridgehead atoms. The van der Waals surface area contributed by atoms with Gasteiger partial charge in [-0.25, -0.2) is 0 Å². The molecule has 0 atom stereocenters. The summed E-state index contributed by atoms with van der Waals surface area (Å²) >= 11 is 4.95. The molecule has 0 radical (unpaired) electrons. The highest BCUT2D eigenvalue weighted by atomic mass is 79.9. The molecule has 2 aromatic rings. The van der Waals surface area contributed by atoms with Gasteiger partial charge in [-0.3, -0.25) is 9.59 Å². The van der Waals surface area contributed by atoms with Gasteiger partial charge in [0.2, 0.25) is 5.91 Å². The fraction of sp³-hybridized carbons (Fsp3) is 0.250. The lowest BCUT2D eigenvalue weighted by Gasteiger charge is -2.09. The highest BCUT2D eigenvalue weighted by Crippen LogP contribution is 2.21. The SMILES string of the molecule is Cc1cc(C(=O)NCC(=O)Nc2ccc(Br)cc2C)c(C)s1. The summed E-state index contributed by atoms with van der Waals surface area (Å²) in [6, 6.07) is 7.45. The smallest absolute Gasteiger partial charge is 0.252 e. The average Bonchev–Trinajstić information content (AvgIpc) is 2.78. The van der Waals surface area contributed by atoms with E-state index in [-0.39, 0.29) is 18.4 Å². The molecule has 0 saturated carbocycles. The van der Waals surface area contributed by atoms with Crippen LogP contribution in [0.4, 0.5) is 5.69 Å². The van der Waals surface area contributed by atoms with E-state index in [4.69, 9.17) is 0 Å². The third-order valence-corrected chi connectivity index (χ3v) is 4.62. The van der Waals surface area contributed by atoms with Crippen LogP contribution in [0.2, 0.25) is 0 Å². The van der Waals surface area contributed by atoms with E-state index < -0.39 is 0 Å². The maximum absolute atomic E-state index is 12.1. The molecule has 1 heterocycles. The van der Waals surface area contributed by atoms with Crippen molar-refractivity contribution in [1.82, 2.24) is 5.32 Å². The van der Waals surface area contributed by atoms with Crippen LogP contribution in [0.1, 0.15) is 25.7 Å². The van der Waals surface area contributed by atoms with Crippen molar-refractivity contribution < 1.29 is 9.59 Å². The van der Waals surface area contributed by atoms with Crippen LogP contribution in [0.15, 0.2) is 28.7 Å². The van der Waals surface area contributed by atoms with Crippen molar-refractivity contribution in [3.05, 3.63) is 49.6 Å². The Morgan fingerprint density at radius 1 is 1.18 bits per heavy atom. The second-order valence-electron chi connectivity index (χ2n) is 5.02. The van der Waals surface area contributed by atoms with Gasteiger partial charge in [-0.2, -0.15) is 0 Å². The number of nitrogens with one attached hydrogen (secondary N) is 2. The summed E-state index contributed by atoms with van der Waals surface area (Å²) in [4.78, 5) is 26.0. The number of anilines is 1. The Balaban J connectivity index is 1.92. The summed E-state index contributed by atoms with van der Waals surface area (Å²) in [5, 5.41) is 5.44. The van der Waals surface area contributed by atoms with Crippen LogP contribution in [0.3, 0.4) is 0 Å². The van der Waals surface area contributed by atoms with E-state index in [0.29, 0.717) is 5.56 Å². The van der Waals surface area contributed by atoms with E-state index in [0.717, 1.165) is 25.5 Å². The van der Waals surface area contributed by atoms with Crippen molar-refractivity contribution >= 4 is 44.8 Å². The molecule has 0 fully saturated rings. The van der Waals surface area contributed by atoms with Crippen LogP contribution in [0, 0.1) is 20.8 Å². The molecule has 2 N–H and O–H groups in total. The fourth-order valence-electron chi connectivity index (χ4n) is 2.07. The first-order valence-corrected chi connectivity index (χ1v) is 8.39. The predicted molar refractivity (Wildman–Crippen MR) is 93.6 cm³/mol. The van der Waals surface area contributed by atoms with Crippen molar-refractivity contribution in [3.63, 3.8) is 0 Å². The highest BCUT2D eigenvalue weighted by molar-refractivity contribution is 9.10. The second kappa shape index (κ2) is 7.07. The number of halogens is 1. The van der Waals surface area contributed by atoms with Gasteiger partial charge in [-0.1, -0.05) is 15.9 Å². The Kier molecular flexibility index (Phi) is 5.37. The van der Waals surface area contributed by atoms with Gasteiger partial charge < -0.3 is 10.6 Å². The summed E-state index contributed by atoms with van der Waals surface area (Å²) in [6.45, 7) is 5.72. The predicted octanol–water partition coefficient (Wildman–Crippen LogP) is 3.80. The molecule has 4 nitrogen and oxygen atoms in total. The highest BCUT2D eigenvalue weighted by Gasteiger charge is 2.13. The Morgan fingerprint density at radius 3 is 2.50 bits per heavy atom. The Hall–Kier alpha value is -1.66. The molecule has 116 valence electrons. The van der Waals surface area contributed by atoms with E-state index in [2.05, 4.69) is 26.6 Å². The van der Waals surface area contributed by atoms with Gasteiger partial charge in [-0.15, -0.1) is 11.3 Å². The minimum absolute atomic E-state index is 0.0529. The lowest BCUT2D eigenvalue weighted by Crippen LogP contribution is -2.33. The summed E-state index contributed by atoms with van der Waals surface area (Å²) in [6.07, 6.45) is 0. The zero-order valence-corrected chi connectivity index (χ0v) is 15.0. The maximum Gasteiger partial charge on any atom is 0.252 e. The van der Waals surface area contributed by atoms with E-state index in [9.17, 15) is 9.59 Å². The van der Waals surface area contributed by atoms with Crippen molar-refractivity contribution in [1.29, 1.82) is 0 Å². The molecule has 2 amide bonds. The van der Waals surface area contributed by atoms with Gasteiger partial charge in [0.25, 0.3) is 5.91 Å². The van der Waals surface area contributed by atoms with Gasteiger partial charge in [0.15, 0.2) is 0 Å². The molecule has 0 unspecified atom stereocenters. The van der Waals surface area contributed by atoms with Crippen molar-refractivity contribution in [2.24, 2.45) is 0 Å². The Morgan fingerprint density at radius 2 is 1.91 bits per heavy atom. The van der Waals surface area contributed by atoms with Crippen LogP contribution in [-0.2, 0) is 4.79 Å². The number of benzene rings is 1. The largest absolute Gasteiger partial charge is 0.343 e. The summed E-state index contributed by atoms with van der Waals surface area (Å²) in [5.41, 5.74) is 2.33. The van der Waals surface area contributed by atoms with Gasteiger partial charge in [0, 0.05) is 19.9 Å². The summed E-state index contributed by atoms with van der Waals surface area (Å²) < 4.78 is 0.958. The molecule has 0 aliphatic heterocycles.